The molecule has 1 unspecified atom stereocenters. The van der Waals surface area contributed by atoms with Crippen molar-refractivity contribution in [3.63, 3.8) is 0 Å². The van der Waals surface area contributed by atoms with Gasteiger partial charge in [-0.25, -0.2) is 0 Å². The largest absolute Gasteiger partial charge is 0.390 e. The molecule has 1 aromatic rings. The van der Waals surface area contributed by atoms with Crippen molar-refractivity contribution in [3.05, 3.63) is 35.4 Å². The third kappa shape index (κ3) is 7.30. The second kappa shape index (κ2) is 13.1. The van der Waals surface area contributed by atoms with Crippen LogP contribution in [0.5, 0.6) is 0 Å². The van der Waals surface area contributed by atoms with Gasteiger partial charge < -0.3 is 20.6 Å². The zero-order valence-electron chi connectivity index (χ0n) is 19.6. The maximum atomic E-state index is 10.6. The van der Waals surface area contributed by atoms with Crippen LogP contribution in [0.25, 0.3) is 0 Å². The fourth-order valence-electron chi connectivity index (χ4n) is 5.45. The van der Waals surface area contributed by atoms with Gasteiger partial charge in [-0.05, 0) is 50.2 Å². The van der Waals surface area contributed by atoms with E-state index in [0.29, 0.717) is 19.1 Å². The van der Waals surface area contributed by atoms with Gasteiger partial charge in [-0.2, -0.15) is 0 Å². The number of aliphatic hydroxyl groups is 1. The van der Waals surface area contributed by atoms with Crippen molar-refractivity contribution in [2.24, 2.45) is 4.99 Å². The van der Waals surface area contributed by atoms with Crippen LogP contribution in [0, 0.1) is 0 Å². The summed E-state index contributed by atoms with van der Waals surface area (Å²) in [6, 6.07) is 9.96. The lowest BCUT2D eigenvalue weighted by molar-refractivity contribution is 0.111. The molecule has 7 heteroatoms. The van der Waals surface area contributed by atoms with E-state index in [1.807, 2.05) is 0 Å². The van der Waals surface area contributed by atoms with Crippen molar-refractivity contribution >= 4 is 29.9 Å². The van der Waals surface area contributed by atoms with Crippen LogP contribution in [0.15, 0.2) is 29.3 Å². The van der Waals surface area contributed by atoms with E-state index in [0.717, 1.165) is 38.1 Å². The average Bonchev–Trinajstić information content (AvgIpc) is 3.33. The molecule has 1 saturated heterocycles. The molecule has 0 spiro atoms. The fraction of sp³-hybridized carbons (Fsp3) is 0.720. The molecule has 32 heavy (non-hydrogen) atoms. The lowest BCUT2D eigenvalue weighted by Crippen LogP contribution is -2.50. The Morgan fingerprint density at radius 3 is 2.53 bits per heavy atom. The van der Waals surface area contributed by atoms with Crippen molar-refractivity contribution in [1.29, 1.82) is 0 Å². The minimum Gasteiger partial charge on any atom is -0.390 e. The van der Waals surface area contributed by atoms with E-state index in [1.54, 1.807) is 0 Å². The monoisotopic (exact) mass is 555 g/mol. The van der Waals surface area contributed by atoms with Gasteiger partial charge in [-0.1, -0.05) is 37.1 Å². The summed E-state index contributed by atoms with van der Waals surface area (Å²) in [4.78, 5) is 9.77. The predicted molar refractivity (Wildman–Crippen MR) is 143 cm³/mol. The molecule has 1 saturated carbocycles. The van der Waals surface area contributed by atoms with Crippen molar-refractivity contribution in [1.82, 2.24) is 20.4 Å². The molecular formula is C25H42IN5O. The Labute approximate surface area is 211 Å². The number of halogens is 1. The molecule has 6 nitrogen and oxygen atoms in total. The van der Waals surface area contributed by atoms with Crippen LogP contribution in [0.3, 0.4) is 0 Å². The summed E-state index contributed by atoms with van der Waals surface area (Å²) in [7, 11) is 0. The van der Waals surface area contributed by atoms with Gasteiger partial charge in [0.1, 0.15) is 0 Å². The highest BCUT2D eigenvalue weighted by molar-refractivity contribution is 14.0. The second-order valence-corrected chi connectivity index (χ2v) is 9.52. The Hall–Kier alpha value is -0.900. The number of β-amino-alcohol motifs (C(OH)–C–C–N with tert-alkyl or cyclic N) is 1. The molecule has 2 aliphatic heterocycles. The quantitative estimate of drug-likeness (QED) is 0.275. The van der Waals surface area contributed by atoms with Gasteiger partial charge in [0.05, 0.1) is 12.6 Å². The van der Waals surface area contributed by atoms with Gasteiger partial charge in [-0.15, -0.1) is 24.0 Å². The van der Waals surface area contributed by atoms with Crippen LogP contribution < -0.4 is 10.6 Å². The zero-order valence-corrected chi connectivity index (χ0v) is 22.0. The number of nitrogens with zero attached hydrogens (tertiary/aromatic N) is 3. The van der Waals surface area contributed by atoms with Crippen LogP contribution in [-0.2, 0) is 13.0 Å². The molecule has 1 aromatic carbocycles. The number of guanidine groups is 1. The SMILES string of the molecule is CCNC(=NCC(O)CN1CCc2ccccc2C1)NC1CCN(C2CCCC2)CC1.I. The molecule has 1 aliphatic carbocycles. The van der Waals surface area contributed by atoms with E-state index in [1.165, 1.54) is 62.7 Å². The first kappa shape index (κ1) is 25.7. The number of likely N-dealkylation sites (tertiary alicyclic amines) is 1. The molecule has 4 rings (SSSR count). The molecule has 3 aliphatic rings. The molecule has 2 fully saturated rings. The van der Waals surface area contributed by atoms with E-state index in [2.05, 4.69) is 51.6 Å². The number of nitrogens with one attached hydrogen (secondary N) is 2. The second-order valence-electron chi connectivity index (χ2n) is 9.52. The Morgan fingerprint density at radius 2 is 1.81 bits per heavy atom. The highest BCUT2D eigenvalue weighted by Crippen LogP contribution is 2.26. The van der Waals surface area contributed by atoms with Crippen molar-refractivity contribution < 1.29 is 5.11 Å². The fourth-order valence-corrected chi connectivity index (χ4v) is 5.45. The lowest BCUT2D eigenvalue weighted by Gasteiger charge is -2.36. The van der Waals surface area contributed by atoms with Gasteiger partial charge in [0, 0.05) is 51.4 Å². The van der Waals surface area contributed by atoms with E-state index < -0.39 is 6.10 Å². The summed E-state index contributed by atoms with van der Waals surface area (Å²) in [6.45, 7) is 8.38. The van der Waals surface area contributed by atoms with Crippen molar-refractivity contribution in [2.45, 2.75) is 76.6 Å². The molecule has 0 aromatic heterocycles. The van der Waals surface area contributed by atoms with Crippen LogP contribution in [-0.4, -0.2) is 78.3 Å². The summed E-state index contributed by atoms with van der Waals surface area (Å²) >= 11 is 0. The first-order chi connectivity index (χ1) is 15.2. The maximum Gasteiger partial charge on any atom is 0.191 e. The maximum absolute atomic E-state index is 10.6. The normalized spacial score (nSPS) is 22.2. The zero-order chi connectivity index (χ0) is 21.5. The first-order valence-corrected chi connectivity index (χ1v) is 12.5. The number of hydrogen-bond donors (Lipinski definition) is 3. The molecular weight excluding hydrogens is 513 g/mol. The number of hydrogen-bond acceptors (Lipinski definition) is 4. The molecule has 180 valence electrons. The number of rotatable bonds is 7. The first-order valence-electron chi connectivity index (χ1n) is 12.5. The summed E-state index contributed by atoms with van der Waals surface area (Å²) in [6.07, 6.45) is 8.58. The third-order valence-corrected chi connectivity index (χ3v) is 7.19. The number of aliphatic hydroxyl groups excluding tert-OH is 1. The predicted octanol–water partition coefficient (Wildman–Crippen LogP) is 2.99. The summed E-state index contributed by atoms with van der Waals surface area (Å²) in [5.41, 5.74) is 2.84. The van der Waals surface area contributed by atoms with Crippen LogP contribution in [0.2, 0.25) is 0 Å². The highest BCUT2D eigenvalue weighted by Gasteiger charge is 2.27. The van der Waals surface area contributed by atoms with Crippen molar-refractivity contribution in [3.8, 4) is 0 Å². The molecule has 0 amide bonds. The number of piperidine rings is 1. The lowest BCUT2D eigenvalue weighted by atomic mass is 10.00. The number of fused-ring (bicyclic) bond motifs is 1. The Kier molecular flexibility index (Phi) is 10.5. The van der Waals surface area contributed by atoms with Gasteiger partial charge in [0.25, 0.3) is 0 Å². The standard InChI is InChI=1S/C25H41N5O.HI/c1-2-26-25(28-22-12-15-30(16-13-22)23-9-5-6-10-23)27-17-24(31)19-29-14-11-20-7-3-4-8-21(20)18-29;/h3-4,7-8,22-24,31H,2,5-6,9-19H2,1H3,(H2,26,27,28);1H. The third-order valence-electron chi connectivity index (χ3n) is 7.19. The minimum absolute atomic E-state index is 0. The van der Waals surface area contributed by atoms with E-state index in [9.17, 15) is 5.11 Å². The minimum atomic E-state index is -0.440. The average molecular weight is 556 g/mol. The Bertz CT molecular complexity index is 716. The highest BCUT2D eigenvalue weighted by atomic mass is 127. The van der Waals surface area contributed by atoms with Crippen LogP contribution in [0.1, 0.15) is 56.6 Å². The molecule has 2 heterocycles. The van der Waals surface area contributed by atoms with Crippen LogP contribution in [0.4, 0.5) is 0 Å². The van der Waals surface area contributed by atoms with Crippen molar-refractivity contribution in [2.75, 3.05) is 39.3 Å². The molecule has 3 N–H and O–H groups in total. The Balaban J connectivity index is 0.00000289. The van der Waals surface area contributed by atoms with E-state index >= 15 is 0 Å². The smallest absolute Gasteiger partial charge is 0.191 e. The Morgan fingerprint density at radius 1 is 1.09 bits per heavy atom. The van der Waals surface area contributed by atoms with Crippen LogP contribution >= 0.6 is 24.0 Å². The topological polar surface area (TPSA) is 63.1 Å². The van der Waals surface area contributed by atoms with Gasteiger partial charge in [0.2, 0.25) is 0 Å². The molecule has 1 atom stereocenters. The summed E-state index contributed by atoms with van der Waals surface area (Å²) in [5, 5.41) is 17.6. The number of aliphatic imine (C=N–C) groups is 1. The van der Waals surface area contributed by atoms with E-state index in [-0.39, 0.29) is 24.0 Å². The summed E-state index contributed by atoms with van der Waals surface area (Å²) < 4.78 is 0. The van der Waals surface area contributed by atoms with Gasteiger partial charge in [0.15, 0.2) is 5.96 Å². The summed E-state index contributed by atoms with van der Waals surface area (Å²) in [5.74, 6) is 0.852. The van der Waals surface area contributed by atoms with Gasteiger partial charge in [-0.3, -0.25) is 9.89 Å². The van der Waals surface area contributed by atoms with Gasteiger partial charge >= 0.3 is 0 Å². The molecule has 0 radical (unpaired) electrons. The molecule has 0 bridgehead atoms. The number of benzene rings is 1. The van der Waals surface area contributed by atoms with E-state index in [4.69, 9.17) is 4.99 Å².